The van der Waals surface area contributed by atoms with Crippen LogP contribution in [-0.2, 0) is 11.3 Å². The Bertz CT molecular complexity index is 669. The van der Waals surface area contributed by atoms with Gasteiger partial charge in [0.15, 0.2) is 0 Å². The van der Waals surface area contributed by atoms with Gasteiger partial charge in [0.2, 0.25) is 5.91 Å². The van der Waals surface area contributed by atoms with E-state index in [0.29, 0.717) is 0 Å². The molecule has 0 saturated carbocycles. The summed E-state index contributed by atoms with van der Waals surface area (Å²) in [6.45, 7) is 4.63. The maximum Gasteiger partial charge on any atom is 0.224 e. The van der Waals surface area contributed by atoms with E-state index in [1.165, 1.54) is 5.56 Å². The number of likely N-dealkylation sites (N-methyl/N-ethyl adjacent to an activating group) is 2. The first-order valence-electron chi connectivity index (χ1n) is 8.18. The normalized spacial score (nSPS) is 12.3. The monoisotopic (exact) mass is 326 g/mol. The van der Waals surface area contributed by atoms with Gasteiger partial charge in [-0.25, -0.2) is 0 Å². The van der Waals surface area contributed by atoms with Crippen molar-refractivity contribution in [2.24, 2.45) is 5.73 Å². The number of nitrogens with zero attached hydrogens (tertiary/aromatic N) is 2. The van der Waals surface area contributed by atoms with Gasteiger partial charge in [-0.2, -0.15) is 0 Å². The Morgan fingerprint density at radius 3 is 2.58 bits per heavy atom. The number of primary amides is 1. The Kier molecular flexibility index (Phi) is 6.46. The van der Waals surface area contributed by atoms with Crippen molar-refractivity contribution >= 4 is 5.91 Å². The van der Waals surface area contributed by atoms with Crippen LogP contribution in [0.5, 0.6) is 0 Å². The molecule has 128 valence electrons. The summed E-state index contributed by atoms with van der Waals surface area (Å²) in [7, 11) is 4.06. The molecule has 1 atom stereocenters. The number of benzene rings is 1. The number of hydrogen-bond donors (Lipinski definition) is 2. The van der Waals surface area contributed by atoms with Crippen LogP contribution in [-0.4, -0.2) is 43.0 Å². The standard InChI is InChI=1S/C19H26N4O/c1-14(19(20)24)16-4-6-17(7-5-16)18-10-15(11-22-12-18)13-23(3)9-8-21-2/h4-7,10-12,14,21H,8-9,13H2,1-3H3,(H2,20,24). The highest BCUT2D eigenvalue weighted by atomic mass is 16.1. The predicted molar refractivity (Wildman–Crippen MR) is 97.5 cm³/mol. The highest BCUT2D eigenvalue weighted by Gasteiger charge is 2.11. The molecule has 2 aromatic rings. The highest BCUT2D eigenvalue weighted by Crippen LogP contribution is 2.23. The van der Waals surface area contributed by atoms with Gasteiger partial charge in [-0.3, -0.25) is 9.78 Å². The molecule has 3 N–H and O–H groups in total. The summed E-state index contributed by atoms with van der Waals surface area (Å²) in [6.07, 6.45) is 3.77. The van der Waals surface area contributed by atoms with Crippen LogP contribution in [0.4, 0.5) is 0 Å². The lowest BCUT2D eigenvalue weighted by Gasteiger charge is -2.16. The van der Waals surface area contributed by atoms with Gasteiger partial charge in [-0.05, 0) is 43.8 Å². The number of carbonyl (C=O) groups excluding carboxylic acids is 1. The molecule has 0 aliphatic rings. The molecule has 1 aromatic carbocycles. The third kappa shape index (κ3) is 4.88. The maximum atomic E-state index is 11.3. The quantitative estimate of drug-likeness (QED) is 0.778. The molecule has 5 nitrogen and oxygen atoms in total. The minimum Gasteiger partial charge on any atom is -0.369 e. The lowest BCUT2D eigenvalue weighted by atomic mass is 9.97. The van der Waals surface area contributed by atoms with E-state index < -0.39 is 0 Å². The molecular weight excluding hydrogens is 300 g/mol. The van der Waals surface area contributed by atoms with Gasteiger partial charge >= 0.3 is 0 Å². The Labute approximate surface area is 143 Å². The lowest BCUT2D eigenvalue weighted by Crippen LogP contribution is -2.26. The molecule has 0 saturated heterocycles. The Hall–Kier alpha value is -2.24. The number of nitrogens with two attached hydrogens (primary N) is 1. The van der Waals surface area contributed by atoms with Gasteiger partial charge < -0.3 is 16.0 Å². The van der Waals surface area contributed by atoms with Gasteiger partial charge in [-0.1, -0.05) is 24.3 Å². The van der Waals surface area contributed by atoms with E-state index >= 15 is 0 Å². The zero-order valence-corrected chi connectivity index (χ0v) is 14.6. The van der Waals surface area contributed by atoms with E-state index in [1.807, 2.05) is 50.6 Å². The average molecular weight is 326 g/mol. The van der Waals surface area contributed by atoms with Crippen LogP contribution in [0.15, 0.2) is 42.7 Å². The first kappa shape index (κ1) is 18.1. The fourth-order valence-corrected chi connectivity index (χ4v) is 2.55. The second-order valence-corrected chi connectivity index (χ2v) is 6.17. The number of amides is 1. The van der Waals surface area contributed by atoms with Gasteiger partial charge in [-0.15, -0.1) is 0 Å². The highest BCUT2D eigenvalue weighted by molar-refractivity contribution is 5.81. The largest absolute Gasteiger partial charge is 0.369 e. The molecule has 1 unspecified atom stereocenters. The van der Waals surface area contributed by atoms with Crippen molar-refractivity contribution in [1.29, 1.82) is 0 Å². The van der Waals surface area contributed by atoms with Gasteiger partial charge in [0.1, 0.15) is 0 Å². The summed E-state index contributed by atoms with van der Waals surface area (Å²) in [5, 5.41) is 3.15. The van der Waals surface area contributed by atoms with Crippen molar-refractivity contribution in [3.63, 3.8) is 0 Å². The number of aromatic nitrogens is 1. The zero-order valence-electron chi connectivity index (χ0n) is 14.6. The summed E-state index contributed by atoms with van der Waals surface area (Å²) in [5.41, 5.74) is 9.64. The maximum absolute atomic E-state index is 11.3. The number of rotatable bonds is 8. The fraction of sp³-hybridized carbons (Fsp3) is 0.368. The Morgan fingerprint density at radius 1 is 1.25 bits per heavy atom. The number of nitrogens with one attached hydrogen (secondary N) is 1. The molecular formula is C19H26N4O. The summed E-state index contributed by atoms with van der Waals surface area (Å²) < 4.78 is 0. The topological polar surface area (TPSA) is 71.2 Å². The van der Waals surface area contributed by atoms with E-state index in [9.17, 15) is 4.79 Å². The molecule has 0 fully saturated rings. The lowest BCUT2D eigenvalue weighted by molar-refractivity contribution is -0.119. The van der Waals surface area contributed by atoms with Crippen molar-refractivity contribution in [3.05, 3.63) is 53.9 Å². The molecule has 5 heteroatoms. The van der Waals surface area contributed by atoms with E-state index in [-0.39, 0.29) is 11.8 Å². The SMILES string of the molecule is CNCCN(C)Cc1cncc(-c2ccc(C(C)C(N)=O)cc2)c1. The van der Waals surface area contributed by atoms with Gasteiger partial charge in [0, 0.05) is 37.6 Å². The van der Waals surface area contributed by atoms with Crippen molar-refractivity contribution < 1.29 is 4.79 Å². The minimum absolute atomic E-state index is 0.274. The van der Waals surface area contributed by atoms with Crippen LogP contribution in [0.25, 0.3) is 11.1 Å². The second-order valence-electron chi connectivity index (χ2n) is 6.17. The molecule has 0 bridgehead atoms. The predicted octanol–water partition coefficient (Wildman–Crippen LogP) is 1.99. The molecule has 0 aliphatic heterocycles. The Balaban J connectivity index is 2.12. The van der Waals surface area contributed by atoms with Crippen molar-refractivity contribution in [2.75, 3.05) is 27.2 Å². The van der Waals surface area contributed by atoms with Gasteiger partial charge in [0.25, 0.3) is 0 Å². The van der Waals surface area contributed by atoms with Crippen LogP contribution >= 0.6 is 0 Å². The summed E-state index contributed by atoms with van der Waals surface area (Å²) in [5.74, 6) is -0.583. The van der Waals surface area contributed by atoms with Crippen molar-refractivity contribution in [1.82, 2.24) is 15.2 Å². The molecule has 2 rings (SSSR count). The first-order chi connectivity index (χ1) is 11.5. The number of carbonyl (C=O) groups is 1. The van der Waals surface area contributed by atoms with Crippen LogP contribution < -0.4 is 11.1 Å². The first-order valence-corrected chi connectivity index (χ1v) is 8.18. The van der Waals surface area contributed by atoms with Crippen LogP contribution in [0.2, 0.25) is 0 Å². The van der Waals surface area contributed by atoms with Crippen LogP contribution in [0, 0.1) is 0 Å². The van der Waals surface area contributed by atoms with E-state index in [4.69, 9.17) is 5.73 Å². The molecule has 0 radical (unpaired) electrons. The van der Waals surface area contributed by atoms with E-state index in [2.05, 4.69) is 28.3 Å². The third-order valence-electron chi connectivity index (χ3n) is 4.16. The minimum atomic E-state index is -0.309. The molecule has 1 heterocycles. The molecule has 1 aromatic heterocycles. The van der Waals surface area contributed by atoms with E-state index in [0.717, 1.165) is 36.3 Å². The van der Waals surface area contributed by atoms with Gasteiger partial charge in [0.05, 0.1) is 5.92 Å². The van der Waals surface area contributed by atoms with Crippen LogP contribution in [0.3, 0.4) is 0 Å². The molecule has 0 spiro atoms. The van der Waals surface area contributed by atoms with E-state index in [1.54, 1.807) is 0 Å². The Morgan fingerprint density at radius 2 is 1.96 bits per heavy atom. The molecule has 24 heavy (non-hydrogen) atoms. The smallest absolute Gasteiger partial charge is 0.224 e. The second kappa shape index (κ2) is 8.57. The zero-order chi connectivity index (χ0) is 17.5. The third-order valence-corrected chi connectivity index (χ3v) is 4.16. The number of pyridine rings is 1. The fourth-order valence-electron chi connectivity index (χ4n) is 2.55. The summed E-state index contributed by atoms with van der Waals surface area (Å²) in [4.78, 5) is 17.9. The summed E-state index contributed by atoms with van der Waals surface area (Å²) in [6, 6.07) is 10.1. The van der Waals surface area contributed by atoms with Crippen molar-refractivity contribution in [3.8, 4) is 11.1 Å². The van der Waals surface area contributed by atoms with Crippen LogP contribution in [0.1, 0.15) is 24.0 Å². The average Bonchev–Trinajstić information content (AvgIpc) is 2.59. The molecule has 0 aliphatic carbocycles. The number of hydrogen-bond acceptors (Lipinski definition) is 4. The van der Waals surface area contributed by atoms with Crippen molar-refractivity contribution in [2.45, 2.75) is 19.4 Å². The summed E-state index contributed by atoms with van der Waals surface area (Å²) >= 11 is 0. The molecule has 1 amide bonds.